The normalized spacial score (nSPS) is 13.7. The van der Waals surface area contributed by atoms with Crippen molar-refractivity contribution in [1.82, 2.24) is 0 Å². The standard InChI is InChI=1S/C17H20O3/c1-12-8-10-13(11-9-12)17(2,18)16-14(19-3)6-5-7-15(16)20-4/h5-11,18H,1-4H3. The Morgan fingerprint density at radius 2 is 1.40 bits per heavy atom. The molecule has 0 fully saturated rings. The summed E-state index contributed by atoms with van der Waals surface area (Å²) < 4.78 is 10.8. The number of hydrogen-bond acceptors (Lipinski definition) is 3. The molecule has 0 amide bonds. The van der Waals surface area contributed by atoms with Crippen LogP contribution < -0.4 is 9.47 Å². The van der Waals surface area contributed by atoms with Crippen molar-refractivity contribution in [2.24, 2.45) is 0 Å². The van der Waals surface area contributed by atoms with Crippen LogP contribution in [-0.2, 0) is 5.60 Å². The fraction of sp³-hybridized carbons (Fsp3) is 0.294. The fourth-order valence-electron chi connectivity index (χ4n) is 2.35. The fourth-order valence-corrected chi connectivity index (χ4v) is 2.35. The minimum Gasteiger partial charge on any atom is -0.496 e. The van der Waals surface area contributed by atoms with Gasteiger partial charge in [-0.2, -0.15) is 0 Å². The highest BCUT2D eigenvalue weighted by Gasteiger charge is 2.32. The number of methoxy groups -OCH3 is 2. The van der Waals surface area contributed by atoms with E-state index in [-0.39, 0.29) is 0 Å². The van der Waals surface area contributed by atoms with E-state index in [0.717, 1.165) is 11.1 Å². The zero-order valence-electron chi connectivity index (χ0n) is 12.3. The summed E-state index contributed by atoms with van der Waals surface area (Å²) in [6.45, 7) is 3.76. The zero-order valence-corrected chi connectivity index (χ0v) is 12.3. The maximum atomic E-state index is 11.0. The maximum absolute atomic E-state index is 11.0. The van der Waals surface area contributed by atoms with E-state index in [1.807, 2.05) is 49.4 Å². The lowest BCUT2D eigenvalue weighted by molar-refractivity contribution is 0.0955. The number of benzene rings is 2. The molecular formula is C17H20O3. The van der Waals surface area contributed by atoms with Crippen molar-refractivity contribution < 1.29 is 14.6 Å². The Bertz CT molecular complexity index is 563. The predicted molar refractivity (Wildman–Crippen MR) is 79.4 cm³/mol. The van der Waals surface area contributed by atoms with E-state index in [2.05, 4.69) is 0 Å². The second kappa shape index (κ2) is 5.55. The third kappa shape index (κ3) is 2.49. The van der Waals surface area contributed by atoms with Gasteiger partial charge in [-0.3, -0.25) is 0 Å². The van der Waals surface area contributed by atoms with Crippen LogP contribution in [-0.4, -0.2) is 19.3 Å². The van der Waals surface area contributed by atoms with E-state index in [1.165, 1.54) is 0 Å². The Morgan fingerprint density at radius 1 is 0.900 bits per heavy atom. The smallest absolute Gasteiger partial charge is 0.129 e. The lowest BCUT2D eigenvalue weighted by Gasteiger charge is -2.28. The van der Waals surface area contributed by atoms with Gasteiger partial charge in [0.1, 0.15) is 17.1 Å². The first-order valence-electron chi connectivity index (χ1n) is 6.51. The van der Waals surface area contributed by atoms with Gasteiger partial charge in [0.25, 0.3) is 0 Å². The van der Waals surface area contributed by atoms with Gasteiger partial charge >= 0.3 is 0 Å². The summed E-state index contributed by atoms with van der Waals surface area (Å²) in [4.78, 5) is 0. The molecule has 0 saturated carbocycles. The summed E-state index contributed by atoms with van der Waals surface area (Å²) in [6.07, 6.45) is 0. The molecule has 106 valence electrons. The third-order valence-electron chi connectivity index (χ3n) is 3.53. The van der Waals surface area contributed by atoms with Crippen molar-refractivity contribution in [2.45, 2.75) is 19.4 Å². The number of aryl methyl sites for hydroxylation is 1. The van der Waals surface area contributed by atoms with Gasteiger partial charge in [0.2, 0.25) is 0 Å². The van der Waals surface area contributed by atoms with Crippen molar-refractivity contribution in [3.8, 4) is 11.5 Å². The Hall–Kier alpha value is -2.00. The van der Waals surface area contributed by atoms with Crippen molar-refractivity contribution in [3.63, 3.8) is 0 Å². The van der Waals surface area contributed by atoms with Gasteiger partial charge in [0.05, 0.1) is 19.8 Å². The number of rotatable bonds is 4. The summed E-state index contributed by atoms with van der Waals surface area (Å²) in [5.41, 5.74) is 1.39. The van der Waals surface area contributed by atoms with Crippen LogP contribution in [0.1, 0.15) is 23.6 Å². The molecule has 3 heteroatoms. The van der Waals surface area contributed by atoms with E-state index in [0.29, 0.717) is 17.1 Å². The van der Waals surface area contributed by atoms with Crippen LogP contribution in [0.3, 0.4) is 0 Å². The van der Waals surface area contributed by atoms with Crippen LogP contribution in [0.4, 0.5) is 0 Å². The molecule has 0 spiro atoms. The maximum Gasteiger partial charge on any atom is 0.129 e. The SMILES string of the molecule is COc1cccc(OC)c1C(C)(O)c1ccc(C)cc1. The van der Waals surface area contributed by atoms with E-state index >= 15 is 0 Å². The monoisotopic (exact) mass is 272 g/mol. The summed E-state index contributed by atoms with van der Waals surface area (Å²) in [7, 11) is 3.17. The van der Waals surface area contributed by atoms with Crippen molar-refractivity contribution in [3.05, 3.63) is 59.2 Å². The number of ether oxygens (including phenoxy) is 2. The molecule has 0 heterocycles. The highest BCUT2D eigenvalue weighted by atomic mass is 16.5. The van der Waals surface area contributed by atoms with E-state index in [4.69, 9.17) is 9.47 Å². The molecule has 0 aromatic heterocycles. The van der Waals surface area contributed by atoms with Gasteiger partial charge in [-0.25, -0.2) is 0 Å². The van der Waals surface area contributed by atoms with Gasteiger partial charge in [0, 0.05) is 0 Å². The number of aliphatic hydroxyl groups is 1. The Balaban J connectivity index is 2.61. The molecule has 1 unspecified atom stereocenters. The molecule has 2 aromatic carbocycles. The highest BCUT2D eigenvalue weighted by molar-refractivity contribution is 5.52. The quantitative estimate of drug-likeness (QED) is 0.928. The molecule has 3 nitrogen and oxygen atoms in total. The molecule has 0 radical (unpaired) electrons. The van der Waals surface area contributed by atoms with E-state index < -0.39 is 5.60 Å². The average Bonchev–Trinajstić information content (AvgIpc) is 2.46. The van der Waals surface area contributed by atoms with Gasteiger partial charge in [0.15, 0.2) is 0 Å². The van der Waals surface area contributed by atoms with Crippen LogP contribution in [0.25, 0.3) is 0 Å². The van der Waals surface area contributed by atoms with E-state index in [1.54, 1.807) is 21.1 Å². The molecule has 1 N–H and O–H groups in total. The Morgan fingerprint density at radius 3 is 1.85 bits per heavy atom. The van der Waals surface area contributed by atoms with Crippen molar-refractivity contribution in [1.29, 1.82) is 0 Å². The summed E-state index contributed by atoms with van der Waals surface area (Å²) >= 11 is 0. The largest absolute Gasteiger partial charge is 0.496 e. The summed E-state index contributed by atoms with van der Waals surface area (Å²) in [5, 5.41) is 11.0. The first-order chi connectivity index (χ1) is 9.50. The second-order valence-electron chi connectivity index (χ2n) is 4.98. The van der Waals surface area contributed by atoms with Gasteiger partial charge < -0.3 is 14.6 Å². The lowest BCUT2D eigenvalue weighted by Crippen LogP contribution is -2.24. The Kier molecular flexibility index (Phi) is 4.00. The topological polar surface area (TPSA) is 38.7 Å². The number of hydrogen-bond donors (Lipinski definition) is 1. The predicted octanol–water partition coefficient (Wildman–Crippen LogP) is 3.27. The van der Waals surface area contributed by atoms with Gasteiger partial charge in [-0.1, -0.05) is 35.9 Å². The first-order valence-corrected chi connectivity index (χ1v) is 6.51. The van der Waals surface area contributed by atoms with Gasteiger partial charge in [-0.05, 0) is 31.5 Å². The van der Waals surface area contributed by atoms with E-state index in [9.17, 15) is 5.11 Å². The average molecular weight is 272 g/mol. The van der Waals surface area contributed by atoms with Crippen molar-refractivity contribution >= 4 is 0 Å². The lowest BCUT2D eigenvalue weighted by atomic mass is 9.86. The molecule has 20 heavy (non-hydrogen) atoms. The molecule has 0 saturated heterocycles. The second-order valence-corrected chi connectivity index (χ2v) is 4.98. The van der Waals surface area contributed by atoms with Gasteiger partial charge in [-0.15, -0.1) is 0 Å². The molecule has 0 aliphatic carbocycles. The molecule has 1 atom stereocenters. The first kappa shape index (κ1) is 14.4. The molecular weight excluding hydrogens is 252 g/mol. The minimum atomic E-state index is -1.19. The summed E-state index contributed by atoms with van der Waals surface area (Å²) in [5.74, 6) is 1.21. The van der Waals surface area contributed by atoms with Crippen LogP contribution in [0.2, 0.25) is 0 Å². The van der Waals surface area contributed by atoms with Crippen LogP contribution >= 0.6 is 0 Å². The molecule has 0 aliphatic heterocycles. The van der Waals surface area contributed by atoms with Crippen LogP contribution in [0, 0.1) is 6.92 Å². The molecule has 0 bridgehead atoms. The van der Waals surface area contributed by atoms with Crippen LogP contribution in [0.15, 0.2) is 42.5 Å². The molecule has 2 rings (SSSR count). The van der Waals surface area contributed by atoms with Crippen molar-refractivity contribution in [2.75, 3.05) is 14.2 Å². The Labute approximate surface area is 119 Å². The molecule has 0 aliphatic rings. The van der Waals surface area contributed by atoms with Crippen LogP contribution in [0.5, 0.6) is 11.5 Å². The molecule has 2 aromatic rings. The third-order valence-corrected chi connectivity index (χ3v) is 3.53. The zero-order chi connectivity index (χ0) is 14.8. The summed E-state index contributed by atoms with van der Waals surface area (Å²) in [6, 6.07) is 13.3. The minimum absolute atomic E-state index is 0.606. The highest BCUT2D eigenvalue weighted by Crippen LogP contribution is 2.41.